The molecule has 0 aromatic heterocycles. The van der Waals surface area contributed by atoms with Gasteiger partial charge in [-0.3, -0.25) is 9.80 Å². The Balaban J connectivity index is 1.46. The molecule has 116 valence electrons. The molecule has 1 aromatic carbocycles. The molecule has 4 nitrogen and oxygen atoms in total. The summed E-state index contributed by atoms with van der Waals surface area (Å²) < 4.78 is 5.69. The molecule has 0 amide bonds. The molecule has 4 heteroatoms. The molecule has 0 saturated carbocycles. The van der Waals surface area contributed by atoms with Gasteiger partial charge in [0.15, 0.2) is 0 Å². The summed E-state index contributed by atoms with van der Waals surface area (Å²) in [5.41, 5.74) is 1.38. The Hall–Kier alpha value is -1.10. The molecule has 2 aliphatic rings. The molecule has 2 heterocycles. The first-order valence-corrected chi connectivity index (χ1v) is 8.13. The van der Waals surface area contributed by atoms with Crippen LogP contribution < -0.4 is 10.1 Å². The third-order valence-corrected chi connectivity index (χ3v) is 4.38. The molecule has 2 fully saturated rings. The van der Waals surface area contributed by atoms with Crippen molar-refractivity contribution in [2.75, 3.05) is 39.3 Å². The largest absolute Gasteiger partial charge is 0.491 e. The van der Waals surface area contributed by atoms with Crippen LogP contribution in [0.3, 0.4) is 0 Å². The Morgan fingerprint density at radius 3 is 2.29 bits per heavy atom. The van der Waals surface area contributed by atoms with Crippen LogP contribution in [0, 0.1) is 0 Å². The van der Waals surface area contributed by atoms with Crippen molar-refractivity contribution in [3.05, 3.63) is 29.8 Å². The summed E-state index contributed by atoms with van der Waals surface area (Å²) in [6.07, 6.45) is 0.241. The number of piperazine rings is 1. The fraction of sp³-hybridized carbons (Fsp3) is 0.647. The van der Waals surface area contributed by atoms with Gasteiger partial charge in [0, 0.05) is 51.9 Å². The zero-order valence-electron chi connectivity index (χ0n) is 13.2. The molecule has 0 aliphatic carbocycles. The fourth-order valence-corrected chi connectivity index (χ4v) is 3.02. The lowest BCUT2D eigenvalue weighted by Crippen LogP contribution is -2.61. The van der Waals surface area contributed by atoms with Gasteiger partial charge in [0.25, 0.3) is 0 Å². The average molecular weight is 289 g/mol. The molecule has 3 rings (SSSR count). The number of benzene rings is 1. The topological polar surface area (TPSA) is 27.7 Å². The number of hydrogen-bond donors (Lipinski definition) is 1. The van der Waals surface area contributed by atoms with Gasteiger partial charge in [0.1, 0.15) is 5.75 Å². The maximum Gasteiger partial charge on any atom is 0.119 e. The second kappa shape index (κ2) is 6.77. The van der Waals surface area contributed by atoms with Crippen LogP contribution in [-0.4, -0.2) is 61.2 Å². The van der Waals surface area contributed by atoms with Crippen molar-refractivity contribution in [1.82, 2.24) is 15.1 Å². The first-order valence-electron chi connectivity index (χ1n) is 8.13. The Bertz CT molecular complexity index is 434. The number of ether oxygens (including phenoxy) is 1. The quantitative estimate of drug-likeness (QED) is 0.890. The third-order valence-electron chi connectivity index (χ3n) is 4.38. The van der Waals surface area contributed by atoms with Crippen LogP contribution in [0.15, 0.2) is 24.3 Å². The highest BCUT2D eigenvalue weighted by Crippen LogP contribution is 2.16. The molecule has 21 heavy (non-hydrogen) atoms. The van der Waals surface area contributed by atoms with Gasteiger partial charge in [-0.25, -0.2) is 0 Å². The molecule has 0 radical (unpaired) electrons. The Morgan fingerprint density at radius 1 is 1.10 bits per heavy atom. The van der Waals surface area contributed by atoms with E-state index in [1.807, 2.05) is 0 Å². The molecule has 0 bridgehead atoms. The minimum absolute atomic E-state index is 0.241. The Kier molecular flexibility index (Phi) is 4.78. The first-order chi connectivity index (χ1) is 10.2. The monoisotopic (exact) mass is 289 g/mol. The number of hydrogen-bond acceptors (Lipinski definition) is 4. The minimum atomic E-state index is 0.241. The van der Waals surface area contributed by atoms with Crippen molar-refractivity contribution >= 4 is 0 Å². The van der Waals surface area contributed by atoms with Crippen LogP contribution >= 0.6 is 0 Å². The SMILES string of the molecule is CC(C)Oc1ccc(CN2CCN(C3CNC3)CC2)cc1. The van der Waals surface area contributed by atoms with Crippen molar-refractivity contribution < 1.29 is 4.74 Å². The smallest absolute Gasteiger partial charge is 0.119 e. The maximum atomic E-state index is 5.69. The molecular weight excluding hydrogens is 262 g/mol. The fourth-order valence-electron chi connectivity index (χ4n) is 3.02. The van der Waals surface area contributed by atoms with Crippen LogP contribution in [0.5, 0.6) is 5.75 Å². The van der Waals surface area contributed by atoms with Gasteiger partial charge in [-0.05, 0) is 31.5 Å². The summed E-state index contributed by atoms with van der Waals surface area (Å²) in [6, 6.07) is 9.36. The maximum absolute atomic E-state index is 5.69. The van der Waals surface area contributed by atoms with Gasteiger partial charge in [-0.15, -0.1) is 0 Å². The van der Waals surface area contributed by atoms with Crippen molar-refractivity contribution in [2.45, 2.75) is 32.5 Å². The van der Waals surface area contributed by atoms with Crippen LogP contribution in [0.25, 0.3) is 0 Å². The van der Waals surface area contributed by atoms with Crippen LogP contribution in [0.2, 0.25) is 0 Å². The number of rotatable bonds is 5. The van der Waals surface area contributed by atoms with Crippen molar-refractivity contribution in [3.8, 4) is 5.75 Å². The minimum Gasteiger partial charge on any atom is -0.491 e. The molecule has 1 N–H and O–H groups in total. The lowest BCUT2D eigenvalue weighted by Gasteiger charge is -2.43. The zero-order valence-corrected chi connectivity index (χ0v) is 13.2. The van der Waals surface area contributed by atoms with E-state index in [0.717, 1.165) is 18.3 Å². The molecule has 0 spiro atoms. The predicted molar refractivity (Wildman–Crippen MR) is 85.7 cm³/mol. The number of nitrogens with one attached hydrogen (secondary N) is 1. The van der Waals surface area contributed by atoms with Gasteiger partial charge in [0.05, 0.1) is 6.10 Å². The van der Waals surface area contributed by atoms with Crippen LogP contribution in [0.1, 0.15) is 19.4 Å². The van der Waals surface area contributed by atoms with E-state index >= 15 is 0 Å². The van der Waals surface area contributed by atoms with Crippen LogP contribution in [-0.2, 0) is 6.54 Å². The van der Waals surface area contributed by atoms with Crippen molar-refractivity contribution in [2.24, 2.45) is 0 Å². The average Bonchev–Trinajstić information content (AvgIpc) is 2.41. The third kappa shape index (κ3) is 3.96. The molecular formula is C17H27N3O. The zero-order chi connectivity index (χ0) is 14.7. The van der Waals surface area contributed by atoms with Gasteiger partial charge in [-0.1, -0.05) is 12.1 Å². The molecule has 0 unspecified atom stereocenters. The summed E-state index contributed by atoms with van der Waals surface area (Å²) in [4.78, 5) is 5.19. The van der Waals surface area contributed by atoms with E-state index in [9.17, 15) is 0 Å². The lowest BCUT2D eigenvalue weighted by atomic mass is 10.1. The molecule has 2 saturated heterocycles. The van der Waals surface area contributed by atoms with Crippen LogP contribution in [0.4, 0.5) is 0 Å². The number of nitrogens with zero attached hydrogens (tertiary/aromatic N) is 2. The lowest BCUT2D eigenvalue weighted by molar-refractivity contribution is 0.0695. The highest BCUT2D eigenvalue weighted by Gasteiger charge is 2.27. The van der Waals surface area contributed by atoms with Gasteiger partial charge in [-0.2, -0.15) is 0 Å². The van der Waals surface area contributed by atoms with Gasteiger partial charge >= 0.3 is 0 Å². The summed E-state index contributed by atoms with van der Waals surface area (Å²) in [6.45, 7) is 12.3. The molecule has 2 aliphatic heterocycles. The van der Waals surface area contributed by atoms with E-state index in [1.165, 1.54) is 44.8 Å². The summed E-state index contributed by atoms with van der Waals surface area (Å²) >= 11 is 0. The van der Waals surface area contributed by atoms with Gasteiger partial charge < -0.3 is 10.1 Å². The predicted octanol–water partition coefficient (Wildman–Crippen LogP) is 1.56. The van der Waals surface area contributed by atoms with E-state index < -0.39 is 0 Å². The van der Waals surface area contributed by atoms with E-state index in [-0.39, 0.29) is 6.10 Å². The van der Waals surface area contributed by atoms with Crippen molar-refractivity contribution in [1.29, 1.82) is 0 Å². The highest BCUT2D eigenvalue weighted by molar-refractivity contribution is 5.27. The van der Waals surface area contributed by atoms with Gasteiger partial charge in [0.2, 0.25) is 0 Å². The first kappa shape index (κ1) is 14.8. The van der Waals surface area contributed by atoms with Crippen molar-refractivity contribution in [3.63, 3.8) is 0 Å². The second-order valence-electron chi connectivity index (χ2n) is 6.43. The standard InChI is InChI=1S/C17H27N3O/c1-14(2)21-17-5-3-15(4-6-17)13-19-7-9-20(10-8-19)16-11-18-12-16/h3-6,14,16,18H,7-13H2,1-2H3. The normalized spacial score (nSPS) is 21.5. The summed E-state index contributed by atoms with van der Waals surface area (Å²) in [5, 5.41) is 3.36. The molecule has 0 atom stereocenters. The highest BCUT2D eigenvalue weighted by atomic mass is 16.5. The Morgan fingerprint density at radius 2 is 1.76 bits per heavy atom. The van der Waals surface area contributed by atoms with E-state index in [4.69, 9.17) is 4.74 Å². The van der Waals surface area contributed by atoms with E-state index in [0.29, 0.717) is 0 Å². The van der Waals surface area contributed by atoms with E-state index in [1.54, 1.807) is 0 Å². The Labute approximate surface area is 128 Å². The molecule has 1 aromatic rings. The summed E-state index contributed by atoms with van der Waals surface area (Å²) in [5.74, 6) is 0.969. The van der Waals surface area contributed by atoms with E-state index in [2.05, 4.69) is 53.2 Å². The summed E-state index contributed by atoms with van der Waals surface area (Å²) in [7, 11) is 0. The second-order valence-corrected chi connectivity index (χ2v) is 6.43.